The SMILES string of the molecule is CC(=O)N[C@H]1[C@@H](OP(=O)(O)OP(=O)(O)OCCC(C)CCCC(C)CCCC(C)CCCC(C)C)O[C@H](CO)[C@@H](O[C@@H]2O[C@H](CO)[C@@H](O)[C@H](O)[C@H]2NC(C)=O)[C@@H]1O. The highest BCUT2D eigenvalue weighted by Crippen LogP contribution is 2.61. The van der Waals surface area contributed by atoms with Crippen LogP contribution in [-0.4, -0.2) is 128 Å². The molecular formula is C36H70N2O17P2. The van der Waals surface area contributed by atoms with Gasteiger partial charge in [0.05, 0.1) is 19.8 Å². The Morgan fingerprint density at radius 2 is 1.11 bits per heavy atom. The Hall–Kier alpha value is -1.12. The van der Waals surface area contributed by atoms with Crippen molar-refractivity contribution in [1.82, 2.24) is 10.6 Å². The number of nitrogens with one attached hydrogen (secondary N) is 2. The normalized spacial score (nSPS) is 31.8. The maximum absolute atomic E-state index is 13.0. The molecule has 2 amide bonds. The second-order valence-electron chi connectivity index (χ2n) is 16.2. The molecule has 2 aliphatic rings. The van der Waals surface area contributed by atoms with Crippen LogP contribution in [0, 0.1) is 23.7 Å². The molecule has 2 heterocycles. The van der Waals surface area contributed by atoms with E-state index < -0.39 is 102 Å². The van der Waals surface area contributed by atoms with E-state index in [1.165, 1.54) is 38.5 Å². The zero-order valence-electron chi connectivity index (χ0n) is 34.4. The van der Waals surface area contributed by atoms with Crippen LogP contribution in [0.3, 0.4) is 0 Å². The predicted octanol–water partition coefficient (Wildman–Crippen LogP) is 2.61. The third-order valence-electron chi connectivity index (χ3n) is 10.3. The largest absolute Gasteiger partial charge is 0.483 e. The number of aliphatic hydroxyl groups is 5. The number of phosphoric ester groups is 2. The summed E-state index contributed by atoms with van der Waals surface area (Å²) in [6, 6.07) is -3.22. The molecule has 0 spiro atoms. The van der Waals surface area contributed by atoms with Crippen LogP contribution in [-0.2, 0) is 46.3 Å². The fourth-order valence-corrected chi connectivity index (χ4v) is 9.23. The number of ether oxygens (including phenoxy) is 3. The summed E-state index contributed by atoms with van der Waals surface area (Å²) in [5.74, 6) is 0.713. The van der Waals surface area contributed by atoms with Crippen molar-refractivity contribution >= 4 is 27.5 Å². The highest BCUT2D eigenvalue weighted by Gasteiger charge is 2.53. The highest BCUT2D eigenvalue weighted by atomic mass is 31.3. The molecule has 57 heavy (non-hydrogen) atoms. The molecule has 0 aromatic carbocycles. The van der Waals surface area contributed by atoms with Crippen LogP contribution in [0.15, 0.2) is 0 Å². The maximum atomic E-state index is 13.0. The van der Waals surface area contributed by atoms with E-state index in [1.807, 2.05) is 6.92 Å². The number of carbonyl (C=O) groups excluding carboxylic acids is 2. The zero-order chi connectivity index (χ0) is 43.1. The molecule has 336 valence electrons. The van der Waals surface area contributed by atoms with Gasteiger partial charge in [-0.1, -0.05) is 92.4 Å². The molecule has 19 nitrogen and oxygen atoms in total. The molecule has 0 bridgehead atoms. The standard InChI is InChI=1S/C36H70N2O17P2/c1-21(2)11-8-12-22(3)13-9-14-23(4)15-10-16-24(5)17-18-50-56(46,47)55-57(48,49)54-36-30(38-26(7)42)33(45)34(28(20-40)52-36)53-35-29(37-25(6)41)32(44)31(43)27(19-39)51-35/h21-24,27-36,39-40,43-45H,8-20H2,1-7H3,(H,37,41)(H,38,42)(H,46,47)(H,48,49)/t22?,23?,24?,27-,28-,29-,30-,31-,32-,33-,34-,35+,36-/m1/s1. The van der Waals surface area contributed by atoms with E-state index in [-0.39, 0.29) is 12.5 Å². The first kappa shape index (κ1) is 52.0. The Balaban J connectivity index is 1.94. The molecule has 2 fully saturated rings. The lowest BCUT2D eigenvalue weighted by Crippen LogP contribution is -2.69. The van der Waals surface area contributed by atoms with Gasteiger partial charge in [-0.2, -0.15) is 4.31 Å². The van der Waals surface area contributed by atoms with E-state index in [1.54, 1.807) is 0 Å². The molecule has 5 unspecified atom stereocenters. The van der Waals surface area contributed by atoms with Gasteiger partial charge in [-0.3, -0.25) is 18.6 Å². The van der Waals surface area contributed by atoms with E-state index in [2.05, 4.69) is 42.6 Å². The number of phosphoric acid groups is 2. The lowest BCUT2D eigenvalue weighted by molar-refractivity contribution is -0.325. The maximum Gasteiger partial charge on any atom is 0.483 e. The van der Waals surface area contributed by atoms with Crippen molar-refractivity contribution in [2.45, 2.75) is 174 Å². The predicted molar refractivity (Wildman–Crippen MR) is 206 cm³/mol. The number of aliphatic hydroxyl groups excluding tert-OH is 5. The summed E-state index contributed by atoms with van der Waals surface area (Å²) in [5.41, 5.74) is 0. The molecule has 2 rings (SSSR count). The minimum absolute atomic E-state index is 0.117. The first-order chi connectivity index (χ1) is 26.6. The van der Waals surface area contributed by atoms with Crippen LogP contribution in [0.4, 0.5) is 0 Å². The third-order valence-corrected chi connectivity index (χ3v) is 13.0. The number of rotatable bonds is 26. The summed E-state index contributed by atoms with van der Waals surface area (Å²) in [7, 11) is -10.8. The van der Waals surface area contributed by atoms with E-state index in [4.69, 9.17) is 23.3 Å². The average molecular weight is 865 g/mol. The second-order valence-corrected chi connectivity index (χ2v) is 19.2. The highest BCUT2D eigenvalue weighted by molar-refractivity contribution is 7.61. The van der Waals surface area contributed by atoms with Crippen LogP contribution in [0.2, 0.25) is 0 Å². The van der Waals surface area contributed by atoms with Crippen molar-refractivity contribution in [2.24, 2.45) is 23.7 Å². The van der Waals surface area contributed by atoms with Crippen LogP contribution in [0.1, 0.15) is 113 Å². The summed E-state index contributed by atoms with van der Waals surface area (Å²) in [6.07, 6.45) is -3.13. The van der Waals surface area contributed by atoms with E-state index in [0.29, 0.717) is 12.3 Å². The van der Waals surface area contributed by atoms with Gasteiger partial charge < -0.3 is 60.2 Å². The Labute approximate surface area is 336 Å². The lowest BCUT2D eigenvalue weighted by atomic mass is 9.91. The first-order valence-electron chi connectivity index (χ1n) is 20.1. The molecule has 2 aliphatic heterocycles. The molecule has 0 radical (unpaired) electrons. The minimum atomic E-state index is -5.56. The Bertz CT molecular complexity index is 1300. The topological polar surface area (TPSA) is 289 Å². The van der Waals surface area contributed by atoms with Gasteiger partial charge in [0.25, 0.3) is 0 Å². The van der Waals surface area contributed by atoms with Gasteiger partial charge in [-0.25, -0.2) is 9.13 Å². The van der Waals surface area contributed by atoms with Crippen molar-refractivity contribution in [3.63, 3.8) is 0 Å². The van der Waals surface area contributed by atoms with Crippen molar-refractivity contribution in [2.75, 3.05) is 19.8 Å². The van der Waals surface area contributed by atoms with E-state index >= 15 is 0 Å². The Morgan fingerprint density at radius 1 is 0.649 bits per heavy atom. The summed E-state index contributed by atoms with van der Waals surface area (Å²) in [6.45, 7) is 11.2. The molecule has 0 aromatic heterocycles. The molecule has 15 atom stereocenters. The number of carbonyl (C=O) groups is 2. The van der Waals surface area contributed by atoms with Gasteiger partial charge in [0, 0.05) is 13.8 Å². The van der Waals surface area contributed by atoms with Crippen LogP contribution in [0.5, 0.6) is 0 Å². The van der Waals surface area contributed by atoms with Crippen LogP contribution < -0.4 is 10.6 Å². The van der Waals surface area contributed by atoms with Crippen molar-refractivity contribution < 1.29 is 81.6 Å². The fourth-order valence-electron chi connectivity index (χ4n) is 7.07. The zero-order valence-corrected chi connectivity index (χ0v) is 36.2. The monoisotopic (exact) mass is 864 g/mol. The second kappa shape index (κ2) is 25.0. The quantitative estimate of drug-likeness (QED) is 0.0565. The Morgan fingerprint density at radius 3 is 1.58 bits per heavy atom. The third kappa shape index (κ3) is 18.6. The first-order valence-corrected chi connectivity index (χ1v) is 23.0. The van der Waals surface area contributed by atoms with Gasteiger partial charge >= 0.3 is 15.6 Å². The van der Waals surface area contributed by atoms with Crippen molar-refractivity contribution in [3.8, 4) is 0 Å². The summed E-state index contributed by atoms with van der Waals surface area (Å²) >= 11 is 0. The molecule has 21 heteroatoms. The summed E-state index contributed by atoms with van der Waals surface area (Å²) in [5, 5.41) is 56.6. The number of hydrogen-bond donors (Lipinski definition) is 9. The Kier molecular flexibility index (Phi) is 22.8. The number of amides is 2. The molecule has 0 aromatic rings. The molecule has 9 N–H and O–H groups in total. The molecule has 2 saturated heterocycles. The van der Waals surface area contributed by atoms with Gasteiger partial charge in [-0.05, 0) is 30.1 Å². The van der Waals surface area contributed by atoms with E-state index in [0.717, 1.165) is 44.9 Å². The fraction of sp³-hybridized carbons (Fsp3) is 0.944. The minimum Gasteiger partial charge on any atom is -0.394 e. The number of hydrogen-bond acceptors (Lipinski definition) is 15. The average Bonchev–Trinajstić information content (AvgIpc) is 3.09. The van der Waals surface area contributed by atoms with Crippen molar-refractivity contribution in [3.05, 3.63) is 0 Å². The molecular weight excluding hydrogens is 794 g/mol. The van der Waals surface area contributed by atoms with Gasteiger partial charge in [0.1, 0.15) is 48.7 Å². The van der Waals surface area contributed by atoms with Crippen molar-refractivity contribution in [1.29, 1.82) is 0 Å². The van der Waals surface area contributed by atoms with Crippen LogP contribution in [0.25, 0.3) is 0 Å². The smallest absolute Gasteiger partial charge is 0.394 e. The van der Waals surface area contributed by atoms with Crippen LogP contribution >= 0.6 is 15.6 Å². The summed E-state index contributed by atoms with van der Waals surface area (Å²) in [4.78, 5) is 44.7. The lowest BCUT2D eigenvalue weighted by Gasteiger charge is -2.48. The molecule has 0 saturated carbocycles. The van der Waals surface area contributed by atoms with Gasteiger partial charge in [-0.15, -0.1) is 0 Å². The van der Waals surface area contributed by atoms with E-state index in [9.17, 15) is 54.0 Å². The van der Waals surface area contributed by atoms with Gasteiger partial charge in [0.15, 0.2) is 12.6 Å². The van der Waals surface area contributed by atoms with Gasteiger partial charge in [0.2, 0.25) is 11.8 Å². The molecule has 0 aliphatic carbocycles. The summed E-state index contributed by atoms with van der Waals surface area (Å²) < 4.78 is 57.0.